The van der Waals surface area contributed by atoms with Crippen LogP contribution in [0.2, 0.25) is 0 Å². The van der Waals surface area contributed by atoms with Crippen LogP contribution in [0.25, 0.3) is 11.0 Å². The van der Waals surface area contributed by atoms with Gasteiger partial charge in [-0.05, 0) is 31.2 Å². The van der Waals surface area contributed by atoms with Crippen LogP contribution in [-0.4, -0.2) is 56.5 Å². The lowest BCUT2D eigenvalue weighted by atomic mass is 10.2. The van der Waals surface area contributed by atoms with Gasteiger partial charge < -0.3 is 10.2 Å². The number of fused-ring (bicyclic) bond motifs is 1. The van der Waals surface area contributed by atoms with Gasteiger partial charge in [0.15, 0.2) is 5.65 Å². The van der Waals surface area contributed by atoms with Gasteiger partial charge in [-0.1, -0.05) is 0 Å². The zero-order valence-corrected chi connectivity index (χ0v) is 15.9. The van der Waals surface area contributed by atoms with Crippen LogP contribution in [0.1, 0.15) is 23.2 Å². The van der Waals surface area contributed by atoms with Crippen LogP contribution in [-0.2, 0) is 6.54 Å². The molecule has 9 heteroatoms. The lowest BCUT2D eigenvalue weighted by Gasteiger charge is -2.16. The maximum Gasteiger partial charge on any atom is 0.254 e. The van der Waals surface area contributed by atoms with Crippen molar-refractivity contribution in [2.24, 2.45) is 0 Å². The molecule has 0 saturated carbocycles. The summed E-state index contributed by atoms with van der Waals surface area (Å²) in [5.41, 5.74) is 1.39. The van der Waals surface area contributed by atoms with Gasteiger partial charge in [-0.15, -0.1) is 11.8 Å². The Bertz CT molecular complexity index is 952. The summed E-state index contributed by atoms with van der Waals surface area (Å²) < 4.78 is 1.82. The number of amides is 1. The molecule has 1 amide bonds. The number of hydrogen-bond acceptors (Lipinski definition) is 7. The smallest absolute Gasteiger partial charge is 0.254 e. The van der Waals surface area contributed by atoms with Gasteiger partial charge in [-0.3, -0.25) is 4.79 Å². The maximum absolute atomic E-state index is 12.4. The standard InChI is InChI=1S/C18H21N7OS/c1-27-18-13(5-4-6-20-18)17(26)19-7-10-25-16-14(11-23-25)15(21-12-22-16)24-8-2-3-9-24/h4-6,11-12H,2-3,7-10H2,1H3,(H,19,26). The summed E-state index contributed by atoms with van der Waals surface area (Å²) in [7, 11) is 0. The summed E-state index contributed by atoms with van der Waals surface area (Å²) in [5.74, 6) is 0.823. The molecular weight excluding hydrogens is 362 g/mol. The first-order chi connectivity index (χ1) is 13.3. The zero-order valence-electron chi connectivity index (χ0n) is 15.1. The van der Waals surface area contributed by atoms with Crippen LogP contribution in [0.5, 0.6) is 0 Å². The fourth-order valence-corrected chi connectivity index (χ4v) is 3.87. The number of carbonyl (C=O) groups excluding carboxylic acids is 1. The molecule has 0 atom stereocenters. The van der Waals surface area contributed by atoms with Crippen LogP contribution in [0.15, 0.2) is 35.9 Å². The number of rotatable bonds is 6. The van der Waals surface area contributed by atoms with Crippen LogP contribution >= 0.6 is 11.8 Å². The number of carbonyl (C=O) groups is 1. The average Bonchev–Trinajstić information content (AvgIpc) is 3.38. The van der Waals surface area contributed by atoms with Gasteiger partial charge in [-0.2, -0.15) is 5.10 Å². The summed E-state index contributed by atoms with van der Waals surface area (Å²) in [4.78, 5) is 27.8. The molecule has 0 aromatic carbocycles. The molecule has 140 valence electrons. The third-order valence-corrected chi connectivity index (χ3v) is 5.35. The van der Waals surface area contributed by atoms with E-state index in [2.05, 4.69) is 30.3 Å². The van der Waals surface area contributed by atoms with E-state index >= 15 is 0 Å². The predicted octanol–water partition coefficient (Wildman–Crippen LogP) is 1.97. The van der Waals surface area contributed by atoms with E-state index in [0.29, 0.717) is 18.7 Å². The molecule has 3 aromatic rings. The van der Waals surface area contributed by atoms with Gasteiger partial charge in [0.2, 0.25) is 0 Å². The Labute approximate surface area is 161 Å². The number of pyridine rings is 1. The number of nitrogens with one attached hydrogen (secondary N) is 1. The van der Waals surface area contributed by atoms with Crippen molar-refractivity contribution >= 4 is 34.5 Å². The first kappa shape index (κ1) is 17.7. The molecule has 1 aliphatic heterocycles. The van der Waals surface area contributed by atoms with Crippen LogP contribution in [0, 0.1) is 0 Å². The molecule has 0 bridgehead atoms. The Balaban J connectivity index is 1.45. The minimum Gasteiger partial charge on any atom is -0.356 e. The van der Waals surface area contributed by atoms with Crippen molar-refractivity contribution in [3.05, 3.63) is 36.4 Å². The van der Waals surface area contributed by atoms with E-state index in [9.17, 15) is 4.79 Å². The fraction of sp³-hybridized carbons (Fsp3) is 0.389. The average molecular weight is 383 g/mol. The second-order valence-electron chi connectivity index (χ2n) is 6.31. The largest absolute Gasteiger partial charge is 0.356 e. The molecule has 3 aromatic heterocycles. The highest BCUT2D eigenvalue weighted by Crippen LogP contribution is 2.25. The summed E-state index contributed by atoms with van der Waals surface area (Å²) in [6, 6.07) is 3.56. The maximum atomic E-state index is 12.4. The lowest BCUT2D eigenvalue weighted by Crippen LogP contribution is -2.28. The van der Waals surface area contributed by atoms with E-state index < -0.39 is 0 Å². The fourth-order valence-electron chi connectivity index (χ4n) is 3.32. The topological polar surface area (TPSA) is 88.8 Å². The van der Waals surface area contributed by atoms with Gasteiger partial charge >= 0.3 is 0 Å². The Kier molecular flexibility index (Phi) is 5.19. The quantitative estimate of drug-likeness (QED) is 0.651. The molecule has 4 heterocycles. The highest BCUT2D eigenvalue weighted by Gasteiger charge is 2.18. The molecule has 4 rings (SSSR count). The minimum atomic E-state index is -0.128. The molecule has 0 aliphatic carbocycles. The Morgan fingerprint density at radius 1 is 1.26 bits per heavy atom. The van der Waals surface area contributed by atoms with E-state index in [1.165, 1.54) is 24.6 Å². The number of anilines is 1. The summed E-state index contributed by atoms with van der Waals surface area (Å²) in [6.45, 7) is 3.05. The normalized spacial score (nSPS) is 14.0. The van der Waals surface area contributed by atoms with Crippen molar-refractivity contribution in [2.45, 2.75) is 24.4 Å². The van der Waals surface area contributed by atoms with Gasteiger partial charge in [0, 0.05) is 25.8 Å². The number of hydrogen-bond donors (Lipinski definition) is 1. The first-order valence-electron chi connectivity index (χ1n) is 8.96. The van der Waals surface area contributed by atoms with Crippen LogP contribution in [0.4, 0.5) is 5.82 Å². The minimum absolute atomic E-state index is 0.128. The molecular formula is C18H21N7OS. The van der Waals surface area contributed by atoms with E-state index in [4.69, 9.17) is 0 Å². The second kappa shape index (κ2) is 7.91. The first-order valence-corrected chi connectivity index (χ1v) is 10.2. The Morgan fingerprint density at radius 3 is 2.93 bits per heavy atom. The lowest BCUT2D eigenvalue weighted by molar-refractivity contribution is 0.0948. The summed E-state index contributed by atoms with van der Waals surface area (Å²) in [6.07, 6.45) is 9.39. The van der Waals surface area contributed by atoms with E-state index in [0.717, 1.165) is 35.0 Å². The van der Waals surface area contributed by atoms with Gasteiger partial charge in [-0.25, -0.2) is 19.6 Å². The highest BCUT2D eigenvalue weighted by molar-refractivity contribution is 7.98. The monoisotopic (exact) mass is 383 g/mol. The van der Waals surface area contributed by atoms with E-state index in [-0.39, 0.29) is 5.91 Å². The third kappa shape index (κ3) is 3.59. The molecule has 1 N–H and O–H groups in total. The number of thioether (sulfide) groups is 1. The second-order valence-corrected chi connectivity index (χ2v) is 7.11. The number of aromatic nitrogens is 5. The molecule has 8 nitrogen and oxygen atoms in total. The number of nitrogens with zero attached hydrogens (tertiary/aromatic N) is 6. The molecule has 27 heavy (non-hydrogen) atoms. The molecule has 1 saturated heterocycles. The molecule has 0 spiro atoms. The Morgan fingerprint density at radius 2 is 2.11 bits per heavy atom. The van der Waals surface area contributed by atoms with Gasteiger partial charge in [0.05, 0.1) is 23.7 Å². The third-order valence-electron chi connectivity index (χ3n) is 4.64. The van der Waals surface area contributed by atoms with Gasteiger partial charge in [0.1, 0.15) is 17.2 Å². The van der Waals surface area contributed by atoms with Crippen molar-refractivity contribution in [3.63, 3.8) is 0 Å². The van der Waals surface area contributed by atoms with E-state index in [1.54, 1.807) is 24.7 Å². The SMILES string of the molecule is CSc1ncccc1C(=O)NCCn1ncc2c(N3CCCC3)ncnc21. The van der Waals surface area contributed by atoms with E-state index in [1.807, 2.05) is 17.1 Å². The molecule has 0 radical (unpaired) electrons. The molecule has 0 unspecified atom stereocenters. The van der Waals surface area contributed by atoms with Crippen molar-refractivity contribution in [3.8, 4) is 0 Å². The van der Waals surface area contributed by atoms with Crippen molar-refractivity contribution in [1.29, 1.82) is 0 Å². The van der Waals surface area contributed by atoms with Gasteiger partial charge in [0.25, 0.3) is 5.91 Å². The molecule has 1 fully saturated rings. The van der Waals surface area contributed by atoms with Crippen molar-refractivity contribution < 1.29 is 4.79 Å². The van der Waals surface area contributed by atoms with Crippen molar-refractivity contribution in [2.75, 3.05) is 30.8 Å². The predicted molar refractivity (Wildman–Crippen MR) is 105 cm³/mol. The summed E-state index contributed by atoms with van der Waals surface area (Å²) >= 11 is 1.46. The zero-order chi connectivity index (χ0) is 18.6. The Hall–Kier alpha value is -2.68. The summed E-state index contributed by atoms with van der Waals surface area (Å²) in [5, 5.41) is 9.08. The molecule has 1 aliphatic rings. The van der Waals surface area contributed by atoms with Crippen molar-refractivity contribution in [1.82, 2.24) is 30.0 Å². The van der Waals surface area contributed by atoms with Crippen LogP contribution in [0.3, 0.4) is 0 Å². The van der Waals surface area contributed by atoms with Crippen LogP contribution < -0.4 is 10.2 Å². The highest BCUT2D eigenvalue weighted by atomic mass is 32.2.